The number of pyridine rings is 1. The Bertz CT molecular complexity index is 2360. The number of thiazole rings is 1. The molecular formula is C50H73N9O8S. The van der Waals surface area contributed by atoms with E-state index in [-0.39, 0.29) is 50.4 Å². The first kappa shape index (κ1) is 52.2. The lowest BCUT2D eigenvalue weighted by molar-refractivity contribution is -0.142. The number of aromatic nitrogens is 3. The maximum atomic E-state index is 14.8. The van der Waals surface area contributed by atoms with Gasteiger partial charge in [0.15, 0.2) is 0 Å². The number of benzene rings is 1. The Kier molecular flexibility index (Phi) is 17.3. The molecule has 0 saturated carbocycles. The summed E-state index contributed by atoms with van der Waals surface area (Å²) >= 11 is 1.38. The van der Waals surface area contributed by atoms with Crippen LogP contribution in [0.3, 0.4) is 0 Å². The van der Waals surface area contributed by atoms with Gasteiger partial charge in [-0.05, 0) is 112 Å². The average molecular weight is 960 g/mol. The number of rotatable bonds is 18. The van der Waals surface area contributed by atoms with Gasteiger partial charge >= 0.3 is 12.1 Å². The van der Waals surface area contributed by atoms with Crippen LogP contribution in [-0.2, 0) is 41.5 Å². The molecule has 5 atom stereocenters. The number of nitrogens with zero attached hydrogens (tertiary/aromatic N) is 7. The Hall–Kier alpha value is -5.14. The zero-order valence-corrected chi connectivity index (χ0v) is 42.9. The largest absolute Gasteiger partial charge is 0.467 e. The number of piperazine rings is 1. The fourth-order valence-electron chi connectivity index (χ4n) is 9.18. The first-order valence-electron chi connectivity index (χ1n) is 23.8. The second-order valence-electron chi connectivity index (χ2n) is 20.1. The van der Waals surface area contributed by atoms with Gasteiger partial charge in [0.1, 0.15) is 22.8 Å². The van der Waals surface area contributed by atoms with Crippen molar-refractivity contribution in [2.24, 2.45) is 5.41 Å². The van der Waals surface area contributed by atoms with E-state index < -0.39 is 35.3 Å². The van der Waals surface area contributed by atoms with E-state index in [0.717, 1.165) is 51.8 Å². The normalized spacial score (nSPS) is 18.4. The van der Waals surface area contributed by atoms with Crippen LogP contribution in [0.1, 0.15) is 104 Å². The molecular weight excluding hydrogens is 887 g/mol. The lowest BCUT2D eigenvalue weighted by Gasteiger charge is -2.45. The van der Waals surface area contributed by atoms with Gasteiger partial charge in [0.2, 0.25) is 0 Å². The molecule has 4 amide bonds. The predicted molar refractivity (Wildman–Crippen MR) is 264 cm³/mol. The van der Waals surface area contributed by atoms with Gasteiger partial charge in [-0.15, -0.1) is 11.3 Å². The molecule has 2 aliphatic rings. The van der Waals surface area contributed by atoms with Gasteiger partial charge in [-0.25, -0.2) is 20.0 Å². The third-order valence-electron chi connectivity index (χ3n) is 12.4. The van der Waals surface area contributed by atoms with Gasteiger partial charge in [0, 0.05) is 97.5 Å². The molecule has 2 aliphatic heterocycles. The zero-order valence-electron chi connectivity index (χ0n) is 42.1. The number of hydrogen-bond donors (Lipinski definition) is 2. The van der Waals surface area contributed by atoms with E-state index in [0.29, 0.717) is 49.8 Å². The summed E-state index contributed by atoms with van der Waals surface area (Å²) < 4.78 is 25.8. The number of ether oxygens (including phenoxy) is 4. The fourth-order valence-corrected chi connectivity index (χ4v) is 10.1. The zero-order chi connectivity index (χ0) is 49.5. The number of carbonyl (C=O) groups excluding carboxylic acids is 4. The standard InChI is InChI=1S/C50H73N9O8S/c1-13-57-40-19-18-35(25-37(40)38(26-50(8,9)30-65-31-60)43(57)36-17-16-20-51-41(36)34(4)64-12)39-29-68-45(53-39)44(66-24-23-55(10)11)42(46(61)58-22-15-14-21-52-58)54-47(62)59-32(2)27-56(28-33(59)3)48(63)67-49(5,6)7/h16-20,25,29,31-34,42,44,52H,13-15,21-24,26-28,30H2,1-12H3,(H,54,62)/t32-,33-,34-,42-,44-/m0/s1. The van der Waals surface area contributed by atoms with E-state index in [1.54, 1.807) is 28.1 Å². The van der Waals surface area contributed by atoms with E-state index in [2.05, 4.69) is 60.3 Å². The fraction of sp³-hybridized carbons (Fsp3) is 0.600. The van der Waals surface area contributed by atoms with Crippen LogP contribution in [-0.4, -0.2) is 150 Å². The molecule has 2 N–H and O–H groups in total. The summed E-state index contributed by atoms with van der Waals surface area (Å²) in [5.41, 5.74) is 8.65. The molecule has 0 unspecified atom stereocenters. The molecule has 0 spiro atoms. The highest BCUT2D eigenvalue weighted by Gasteiger charge is 2.42. The molecule has 4 aromatic rings. The first-order valence-corrected chi connectivity index (χ1v) is 24.7. The molecule has 0 radical (unpaired) electrons. The molecule has 1 aromatic carbocycles. The third kappa shape index (κ3) is 12.4. The van der Waals surface area contributed by atoms with E-state index >= 15 is 0 Å². The lowest BCUT2D eigenvalue weighted by Crippen LogP contribution is -2.65. The Labute approximate surface area is 405 Å². The molecule has 2 fully saturated rings. The number of carbonyl (C=O) groups is 4. The predicted octanol–water partition coefficient (Wildman–Crippen LogP) is 7.45. The molecule has 3 aromatic heterocycles. The summed E-state index contributed by atoms with van der Waals surface area (Å²) in [6.45, 7) is 21.5. The Morgan fingerprint density at radius 2 is 1.81 bits per heavy atom. The van der Waals surface area contributed by atoms with E-state index in [1.165, 1.54) is 11.3 Å². The summed E-state index contributed by atoms with van der Waals surface area (Å²) in [4.78, 5) is 69.2. The summed E-state index contributed by atoms with van der Waals surface area (Å²) in [5.74, 6) is -0.324. The van der Waals surface area contributed by atoms with Crippen LogP contribution in [0, 0.1) is 5.41 Å². The SMILES string of the molecule is CCn1c(-c2cccnc2[C@H](C)OC)c(CC(C)(C)COC=O)c2cc(-c3csc([C@@H](OCCN(C)C)[C@H](NC(=O)N4[C@@H](C)CN(C(=O)OC(C)(C)C)C[C@@H]4C)C(=O)N4CCCCN4)n3)ccc21. The van der Waals surface area contributed by atoms with Crippen LogP contribution >= 0.6 is 11.3 Å². The molecule has 372 valence electrons. The summed E-state index contributed by atoms with van der Waals surface area (Å²) in [7, 11) is 5.58. The molecule has 17 nitrogen and oxygen atoms in total. The van der Waals surface area contributed by atoms with Crippen LogP contribution in [0.25, 0.3) is 33.4 Å². The number of methoxy groups -OCH3 is 1. The van der Waals surface area contributed by atoms with Crippen molar-refractivity contribution in [3.8, 4) is 22.5 Å². The minimum Gasteiger partial charge on any atom is -0.467 e. The molecule has 6 rings (SSSR count). The van der Waals surface area contributed by atoms with Crippen LogP contribution in [0.5, 0.6) is 0 Å². The van der Waals surface area contributed by atoms with Gasteiger partial charge in [-0.1, -0.05) is 19.9 Å². The smallest absolute Gasteiger partial charge is 0.410 e. The van der Waals surface area contributed by atoms with E-state index in [4.69, 9.17) is 28.9 Å². The number of fused-ring (bicyclic) bond motifs is 1. The van der Waals surface area contributed by atoms with Gasteiger partial charge in [-0.3, -0.25) is 19.6 Å². The second kappa shape index (κ2) is 22.5. The summed E-state index contributed by atoms with van der Waals surface area (Å²) in [6.07, 6.45) is 2.47. The molecule has 5 heterocycles. The van der Waals surface area contributed by atoms with Crippen LogP contribution in [0.15, 0.2) is 41.9 Å². The summed E-state index contributed by atoms with van der Waals surface area (Å²) in [5, 5.41) is 8.26. The number of nitrogens with one attached hydrogen (secondary N) is 2. The Morgan fingerprint density at radius 3 is 2.44 bits per heavy atom. The van der Waals surface area contributed by atoms with Crippen molar-refractivity contribution in [1.82, 2.24) is 45.0 Å². The number of urea groups is 1. The van der Waals surface area contributed by atoms with Gasteiger partial charge in [0.25, 0.3) is 12.4 Å². The van der Waals surface area contributed by atoms with Crippen molar-refractivity contribution < 1.29 is 38.1 Å². The van der Waals surface area contributed by atoms with Crippen molar-refractivity contribution >= 4 is 46.7 Å². The number of amides is 4. The Morgan fingerprint density at radius 1 is 1.07 bits per heavy atom. The summed E-state index contributed by atoms with van der Waals surface area (Å²) in [6, 6.07) is 8.03. The number of likely N-dealkylation sites (N-methyl/N-ethyl adjacent to an activating group) is 1. The highest BCUT2D eigenvalue weighted by Crippen LogP contribution is 2.42. The van der Waals surface area contributed by atoms with Crippen molar-refractivity contribution in [2.75, 3.05) is 67.1 Å². The minimum atomic E-state index is -1.15. The maximum absolute atomic E-state index is 14.8. The maximum Gasteiger partial charge on any atom is 0.410 e. The lowest BCUT2D eigenvalue weighted by atomic mass is 9.84. The molecule has 0 aliphatic carbocycles. The van der Waals surface area contributed by atoms with E-state index in [1.807, 2.05) is 72.0 Å². The van der Waals surface area contributed by atoms with Crippen LogP contribution in [0.2, 0.25) is 0 Å². The van der Waals surface area contributed by atoms with Gasteiger partial charge < -0.3 is 43.5 Å². The Balaban J connectivity index is 1.42. The van der Waals surface area contributed by atoms with Crippen molar-refractivity contribution in [2.45, 2.75) is 124 Å². The van der Waals surface area contributed by atoms with E-state index in [9.17, 15) is 19.2 Å². The van der Waals surface area contributed by atoms with Crippen LogP contribution in [0.4, 0.5) is 9.59 Å². The van der Waals surface area contributed by atoms with Crippen molar-refractivity contribution in [3.05, 3.63) is 58.2 Å². The molecule has 0 bridgehead atoms. The van der Waals surface area contributed by atoms with Crippen molar-refractivity contribution in [1.29, 1.82) is 0 Å². The topological polar surface area (TPSA) is 173 Å². The average Bonchev–Trinajstić information content (AvgIpc) is 3.90. The minimum absolute atomic E-state index is 0.233. The third-order valence-corrected chi connectivity index (χ3v) is 13.3. The van der Waals surface area contributed by atoms with Gasteiger partial charge in [0.05, 0.1) is 36.4 Å². The number of hydrazine groups is 1. The quantitative estimate of drug-likeness (QED) is 0.0946. The van der Waals surface area contributed by atoms with Gasteiger partial charge in [-0.2, -0.15) is 0 Å². The number of aryl methyl sites for hydroxylation is 1. The second-order valence-corrected chi connectivity index (χ2v) is 20.9. The monoisotopic (exact) mass is 960 g/mol. The first-order chi connectivity index (χ1) is 32.3. The van der Waals surface area contributed by atoms with Crippen molar-refractivity contribution in [3.63, 3.8) is 0 Å². The van der Waals surface area contributed by atoms with Crippen LogP contribution < -0.4 is 10.7 Å². The molecule has 18 heteroatoms. The molecule has 68 heavy (non-hydrogen) atoms. The highest BCUT2D eigenvalue weighted by atomic mass is 32.1. The molecule has 2 saturated heterocycles. The number of hydrogen-bond acceptors (Lipinski definition) is 13. The highest BCUT2D eigenvalue weighted by molar-refractivity contribution is 7.10.